The fraction of sp³-hybridized carbons (Fsp3) is 0.304. The third-order valence-corrected chi connectivity index (χ3v) is 5.36. The van der Waals surface area contributed by atoms with Gasteiger partial charge in [0.05, 0.1) is 20.3 Å². The molecular weight excluding hydrogens is 470 g/mol. The molecule has 0 aliphatic rings. The largest absolute Gasteiger partial charge is 0.492 e. The zero-order valence-corrected chi connectivity index (χ0v) is 20.2. The van der Waals surface area contributed by atoms with Gasteiger partial charge in [-0.3, -0.25) is 4.79 Å². The fourth-order valence-corrected chi connectivity index (χ4v) is 3.89. The number of fused-ring (bicyclic) bond motifs is 1. The lowest BCUT2D eigenvalue weighted by molar-refractivity contribution is 0.201. The first-order chi connectivity index (χ1) is 15.9. The fourth-order valence-electron chi connectivity index (χ4n) is 2.99. The Balaban J connectivity index is 1.90. The summed E-state index contributed by atoms with van der Waals surface area (Å²) in [5.41, 5.74) is 0.0372. The zero-order chi connectivity index (χ0) is 24.0. The van der Waals surface area contributed by atoms with Crippen LogP contribution in [0.4, 0.5) is 4.79 Å². The van der Waals surface area contributed by atoms with Crippen molar-refractivity contribution in [3.63, 3.8) is 0 Å². The molecule has 0 saturated carbocycles. The summed E-state index contributed by atoms with van der Waals surface area (Å²) in [5.74, 6) is 1.67. The van der Waals surface area contributed by atoms with E-state index in [0.717, 1.165) is 4.90 Å². The van der Waals surface area contributed by atoms with Crippen molar-refractivity contribution in [2.45, 2.75) is 29.9 Å². The molecule has 0 fully saturated rings. The highest BCUT2D eigenvalue weighted by molar-refractivity contribution is 7.99. The molecule has 10 heteroatoms. The number of rotatable bonds is 9. The Morgan fingerprint density at radius 2 is 1.82 bits per heavy atom. The lowest BCUT2D eigenvalue weighted by atomic mass is 10.1. The number of ether oxygens (including phenoxy) is 4. The third kappa shape index (κ3) is 6.06. The van der Waals surface area contributed by atoms with Crippen molar-refractivity contribution in [3.8, 4) is 23.0 Å². The minimum atomic E-state index is -0.583. The van der Waals surface area contributed by atoms with Gasteiger partial charge < -0.3 is 28.7 Å². The number of benzene rings is 2. The van der Waals surface area contributed by atoms with Crippen molar-refractivity contribution >= 4 is 40.4 Å². The van der Waals surface area contributed by atoms with Gasteiger partial charge in [-0.25, -0.2) is 4.79 Å². The number of halogens is 1. The Kier molecular flexibility index (Phi) is 8.35. The second-order valence-electron chi connectivity index (χ2n) is 6.99. The van der Waals surface area contributed by atoms with Crippen LogP contribution >= 0.6 is 23.4 Å². The van der Waals surface area contributed by atoms with E-state index in [1.54, 1.807) is 30.3 Å². The van der Waals surface area contributed by atoms with Crippen LogP contribution in [0.2, 0.25) is 0 Å². The monoisotopic (exact) mass is 493 g/mol. The molecule has 0 bridgehead atoms. The molecule has 0 atom stereocenters. The normalized spacial score (nSPS) is 10.8. The van der Waals surface area contributed by atoms with E-state index in [4.69, 9.17) is 35.0 Å². The molecule has 2 aromatic carbocycles. The van der Waals surface area contributed by atoms with Crippen molar-refractivity contribution in [2.75, 3.05) is 26.6 Å². The van der Waals surface area contributed by atoms with Gasteiger partial charge in [0.1, 0.15) is 16.7 Å². The summed E-state index contributed by atoms with van der Waals surface area (Å²) < 4.78 is 27.9. The molecule has 0 aliphatic heterocycles. The van der Waals surface area contributed by atoms with E-state index in [1.807, 2.05) is 13.8 Å². The lowest BCUT2D eigenvalue weighted by Crippen LogP contribution is -2.28. The molecule has 1 heterocycles. The number of methoxy groups -OCH3 is 2. The number of carbonyl (C=O) groups excluding carboxylic acids is 1. The van der Waals surface area contributed by atoms with E-state index in [1.165, 1.54) is 32.0 Å². The van der Waals surface area contributed by atoms with Crippen LogP contribution < -0.4 is 29.7 Å². The molecule has 0 spiro atoms. The second-order valence-corrected chi connectivity index (χ2v) is 8.45. The molecule has 0 unspecified atom stereocenters. The molecule has 0 saturated heterocycles. The summed E-state index contributed by atoms with van der Waals surface area (Å²) in [6.07, 6.45) is -0.705. The Labute approximate surface area is 200 Å². The first-order valence-electron chi connectivity index (χ1n) is 10.0. The number of carbonyl (C=O) groups is 1. The van der Waals surface area contributed by atoms with Crippen LogP contribution in [-0.2, 0) is 0 Å². The van der Waals surface area contributed by atoms with Gasteiger partial charge in [0.2, 0.25) is 5.75 Å². The van der Waals surface area contributed by atoms with Gasteiger partial charge in [-0.15, -0.1) is 11.6 Å². The number of amides is 1. The van der Waals surface area contributed by atoms with E-state index in [9.17, 15) is 9.59 Å². The number of hydrogen-bond acceptors (Lipinski definition) is 8. The summed E-state index contributed by atoms with van der Waals surface area (Å²) in [5, 5.41) is 3.16. The van der Waals surface area contributed by atoms with E-state index in [-0.39, 0.29) is 22.7 Å². The Bertz CT molecular complexity index is 1180. The maximum Gasteiger partial charge on any atom is 0.412 e. The molecule has 1 N–H and O–H groups in total. The summed E-state index contributed by atoms with van der Waals surface area (Å²) >= 11 is 6.78. The first-order valence-corrected chi connectivity index (χ1v) is 11.4. The minimum absolute atomic E-state index is 0.122. The summed E-state index contributed by atoms with van der Waals surface area (Å²) in [4.78, 5) is 25.3. The molecule has 0 aliphatic carbocycles. The zero-order valence-electron chi connectivity index (χ0n) is 18.6. The number of nitrogens with one attached hydrogen (secondary N) is 1. The molecule has 3 aromatic rings. The Morgan fingerprint density at radius 1 is 1.12 bits per heavy atom. The van der Waals surface area contributed by atoms with Crippen molar-refractivity contribution in [1.29, 1.82) is 0 Å². The standard InChI is InChI=1S/C23H24ClNO7S/c1-13(2)30-18-12-17-20(22(29-4)21(18)28-3)16(26)11-19(32-17)33-15-7-5-14(6-8-15)31-23(27)25-10-9-24/h5-8,11-13H,9-10H2,1-4H3,(H,25,27). The van der Waals surface area contributed by atoms with E-state index in [0.29, 0.717) is 40.3 Å². The molecule has 1 aromatic heterocycles. The van der Waals surface area contributed by atoms with Gasteiger partial charge in [0.15, 0.2) is 22.0 Å². The summed E-state index contributed by atoms with van der Waals surface area (Å²) in [6.45, 7) is 4.08. The minimum Gasteiger partial charge on any atom is -0.492 e. The highest BCUT2D eigenvalue weighted by atomic mass is 35.5. The molecule has 176 valence electrons. The quantitative estimate of drug-likeness (QED) is 0.412. The highest BCUT2D eigenvalue weighted by Gasteiger charge is 2.21. The van der Waals surface area contributed by atoms with Crippen molar-refractivity contribution in [3.05, 3.63) is 46.6 Å². The van der Waals surface area contributed by atoms with Crippen LogP contribution in [0, 0.1) is 0 Å². The predicted octanol–water partition coefficient (Wildman–Crippen LogP) is 5.08. The average molecular weight is 494 g/mol. The Hall–Kier alpha value is -3.04. The molecule has 0 radical (unpaired) electrons. The number of hydrogen-bond donors (Lipinski definition) is 1. The molecule has 33 heavy (non-hydrogen) atoms. The molecule has 3 rings (SSSR count). The van der Waals surface area contributed by atoms with Crippen LogP contribution in [0.3, 0.4) is 0 Å². The van der Waals surface area contributed by atoms with Gasteiger partial charge in [-0.1, -0.05) is 11.8 Å². The first kappa shape index (κ1) is 24.6. The second kappa shape index (κ2) is 11.2. The molecule has 8 nitrogen and oxygen atoms in total. The summed E-state index contributed by atoms with van der Waals surface area (Å²) in [7, 11) is 2.94. The SMILES string of the molecule is COc1c(OC(C)C)cc2oc(Sc3ccc(OC(=O)NCCCl)cc3)cc(=O)c2c1OC. The maximum absolute atomic E-state index is 12.9. The van der Waals surface area contributed by atoms with E-state index >= 15 is 0 Å². The number of alkyl halides is 1. The van der Waals surface area contributed by atoms with E-state index < -0.39 is 6.09 Å². The average Bonchev–Trinajstić information content (AvgIpc) is 2.77. The van der Waals surface area contributed by atoms with Crippen molar-refractivity contribution in [2.24, 2.45) is 0 Å². The smallest absolute Gasteiger partial charge is 0.412 e. The maximum atomic E-state index is 12.9. The van der Waals surface area contributed by atoms with Crippen molar-refractivity contribution in [1.82, 2.24) is 5.32 Å². The van der Waals surface area contributed by atoms with Crippen molar-refractivity contribution < 1.29 is 28.2 Å². The molecule has 1 amide bonds. The van der Waals surface area contributed by atoms with Crippen LogP contribution in [0.15, 0.2) is 55.6 Å². The Morgan fingerprint density at radius 3 is 2.42 bits per heavy atom. The van der Waals surface area contributed by atoms with Gasteiger partial charge in [0, 0.05) is 29.5 Å². The van der Waals surface area contributed by atoms with Crippen LogP contribution in [0.1, 0.15) is 13.8 Å². The highest BCUT2D eigenvalue weighted by Crippen LogP contribution is 2.43. The molecular formula is C23H24ClNO7S. The summed E-state index contributed by atoms with van der Waals surface area (Å²) in [6, 6.07) is 9.80. The van der Waals surface area contributed by atoms with Gasteiger partial charge >= 0.3 is 6.09 Å². The predicted molar refractivity (Wildman–Crippen MR) is 127 cm³/mol. The van der Waals surface area contributed by atoms with Gasteiger partial charge in [0.25, 0.3) is 0 Å². The van der Waals surface area contributed by atoms with Crippen LogP contribution in [0.25, 0.3) is 11.0 Å². The lowest BCUT2D eigenvalue weighted by Gasteiger charge is -2.17. The topological polar surface area (TPSA) is 96.2 Å². The third-order valence-electron chi connectivity index (χ3n) is 4.26. The van der Waals surface area contributed by atoms with Gasteiger partial charge in [-0.05, 0) is 38.1 Å². The van der Waals surface area contributed by atoms with E-state index in [2.05, 4.69) is 5.32 Å². The van der Waals surface area contributed by atoms with Crippen LogP contribution in [-0.4, -0.2) is 38.8 Å². The van der Waals surface area contributed by atoms with Crippen LogP contribution in [0.5, 0.6) is 23.0 Å². The van der Waals surface area contributed by atoms with Gasteiger partial charge in [-0.2, -0.15) is 0 Å².